The molecule has 0 bridgehead atoms. The number of aromatic nitrogens is 3. The molecule has 0 fully saturated rings. The van der Waals surface area contributed by atoms with E-state index in [0.717, 1.165) is 36.5 Å². The zero-order valence-electron chi connectivity index (χ0n) is 12.4. The molecule has 2 N–H and O–H groups in total. The Kier molecular flexibility index (Phi) is 3.59. The van der Waals surface area contributed by atoms with Gasteiger partial charge in [0.05, 0.1) is 12.1 Å². The second-order valence-electron chi connectivity index (χ2n) is 6.06. The Bertz CT molecular complexity index is 640. The van der Waals surface area contributed by atoms with E-state index >= 15 is 0 Å². The van der Waals surface area contributed by atoms with Crippen molar-refractivity contribution in [3.05, 3.63) is 35.7 Å². The lowest BCUT2D eigenvalue weighted by Crippen LogP contribution is -2.35. The molecule has 0 saturated carbocycles. The molecule has 0 spiro atoms. The highest BCUT2D eigenvalue weighted by molar-refractivity contribution is 5.58. The SMILES string of the molecule is CC(C)(CO)Nc1nc(-c2ccccn2)nc2c1CCC2. The highest BCUT2D eigenvalue weighted by atomic mass is 16.3. The Morgan fingerprint density at radius 3 is 2.81 bits per heavy atom. The maximum atomic E-state index is 9.47. The molecule has 0 aromatic carbocycles. The molecule has 110 valence electrons. The van der Waals surface area contributed by atoms with Crippen LogP contribution in [-0.2, 0) is 12.8 Å². The van der Waals surface area contributed by atoms with Crippen LogP contribution in [0.2, 0.25) is 0 Å². The molecule has 0 unspecified atom stereocenters. The topological polar surface area (TPSA) is 70.9 Å². The summed E-state index contributed by atoms with van der Waals surface area (Å²) in [5.41, 5.74) is 2.64. The van der Waals surface area contributed by atoms with E-state index in [1.165, 1.54) is 5.56 Å². The highest BCUT2D eigenvalue weighted by Crippen LogP contribution is 2.30. The lowest BCUT2D eigenvalue weighted by molar-refractivity contribution is 0.234. The van der Waals surface area contributed by atoms with Gasteiger partial charge < -0.3 is 10.4 Å². The monoisotopic (exact) mass is 284 g/mol. The molecule has 0 radical (unpaired) electrons. The van der Waals surface area contributed by atoms with Crippen LogP contribution in [0.3, 0.4) is 0 Å². The summed E-state index contributed by atoms with van der Waals surface area (Å²) in [5, 5.41) is 12.8. The predicted octanol–water partition coefficient (Wildman–Crippen LogP) is 2.21. The fourth-order valence-electron chi connectivity index (χ4n) is 2.51. The third-order valence-electron chi connectivity index (χ3n) is 3.68. The van der Waals surface area contributed by atoms with Gasteiger partial charge in [-0.25, -0.2) is 9.97 Å². The molecule has 1 aliphatic carbocycles. The summed E-state index contributed by atoms with van der Waals surface area (Å²) in [4.78, 5) is 13.6. The van der Waals surface area contributed by atoms with Crippen LogP contribution >= 0.6 is 0 Å². The number of rotatable bonds is 4. The number of hydrogen-bond acceptors (Lipinski definition) is 5. The van der Waals surface area contributed by atoms with E-state index in [0.29, 0.717) is 5.82 Å². The number of nitrogens with zero attached hydrogens (tertiary/aromatic N) is 3. The van der Waals surface area contributed by atoms with Crippen molar-refractivity contribution < 1.29 is 5.11 Å². The summed E-state index contributed by atoms with van der Waals surface area (Å²) in [6.07, 6.45) is 4.81. The van der Waals surface area contributed by atoms with Crippen LogP contribution in [0.4, 0.5) is 5.82 Å². The molecule has 0 amide bonds. The van der Waals surface area contributed by atoms with Gasteiger partial charge in [0.1, 0.15) is 11.5 Å². The number of hydrogen-bond donors (Lipinski definition) is 2. The lowest BCUT2D eigenvalue weighted by atomic mass is 10.1. The van der Waals surface area contributed by atoms with E-state index in [9.17, 15) is 5.11 Å². The maximum absolute atomic E-state index is 9.47. The van der Waals surface area contributed by atoms with E-state index < -0.39 is 5.54 Å². The molecule has 0 aliphatic heterocycles. The van der Waals surface area contributed by atoms with Crippen LogP contribution in [-0.4, -0.2) is 32.2 Å². The molecule has 5 nitrogen and oxygen atoms in total. The summed E-state index contributed by atoms with van der Waals surface area (Å²) >= 11 is 0. The summed E-state index contributed by atoms with van der Waals surface area (Å²) in [5.74, 6) is 1.48. The Balaban J connectivity index is 2.05. The number of aliphatic hydroxyl groups excluding tert-OH is 1. The van der Waals surface area contributed by atoms with Gasteiger partial charge in [-0.05, 0) is 45.2 Å². The van der Waals surface area contributed by atoms with Crippen LogP contribution in [0.5, 0.6) is 0 Å². The average Bonchev–Trinajstić information content (AvgIpc) is 2.96. The van der Waals surface area contributed by atoms with E-state index in [1.54, 1.807) is 6.20 Å². The minimum atomic E-state index is -0.411. The van der Waals surface area contributed by atoms with Gasteiger partial charge in [-0.15, -0.1) is 0 Å². The first-order valence-electron chi connectivity index (χ1n) is 7.29. The summed E-state index contributed by atoms with van der Waals surface area (Å²) in [7, 11) is 0. The van der Waals surface area contributed by atoms with Gasteiger partial charge in [-0.2, -0.15) is 0 Å². The molecule has 1 aliphatic rings. The van der Waals surface area contributed by atoms with Gasteiger partial charge in [-0.3, -0.25) is 4.98 Å². The van der Waals surface area contributed by atoms with Crippen molar-refractivity contribution in [3.8, 4) is 11.5 Å². The van der Waals surface area contributed by atoms with Crippen molar-refractivity contribution in [2.24, 2.45) is 0 Å². The zero-order chi connectivity index (χ0) is 14.9. The average molecular weight is 284 g/mol. The fourth-order valence-corrected chi connectivity index (χ4v) is 2.51. The first-order valence-corrected chi connectivity index (χ1v) is 7.29. The minimum Gasteiger partial charge on any atom is -0.394 e. The second kappa shape index (κ2) is 5.41. The molecule has 2 heterocycles. The summed E-state index contributed by atoms with van der Waals surface area (Å²) in [6.45, 7) is 3.96. The normalized spacial score (nSPS) is 14.0. The third kappa shape index (κ3) is 2.88. The first-order chi connectivity index (χ1) is 10.1. The highest BCUT2D eigenvalue weighted by Gasteiger charge is 2.24. The van der Waals surface area contributed by atoms with E-state index in [4.69, 9.17) is 0 Å². The van der Waals surface area contributed by atoms with Gasteiger partial charge in [0, 0.05) is 17.5 Å². The smallest absolute Gasteiger partial charge is 0.180 e. The molecule has 2 aromatic heterocycles. The molecule has 21 heavy (non-hydrogen) atoms. The third-order valence-corrected chi connectivity index (χ3v) is 3.68. The van der Waals surface area contributed by atoms with Crippen molar-refractivity contribution in [1.82, 2.24) is 15.0 Å². The van der Waals surface area contributed by atoms with Crippen molar-refractivity contribution in [2.75, 3.05) is 11.9 Å². The molecule has 0 saturated heterocycles. The van der Waals surface area contributed by atoms with E-state index in [1.807, 2.05) is 32.0 Å². The Morgan fingerprint density at radius 1 is 1.24 bits per heavy atom. The Morgan fingerprint density at radius 2 is 2.10 bits per heavy atom. The lowest BCUT2D eigenvalue weighted by Gasteiger charge is -2.25. The number of aliphatic hydroxyl groups is 1. The standard InChI is InChI=1S/C16H20N4O/c1-16(2,10-21)20-14-11-6-5-8-12(11)18-15(19-14)13-7-3-4-9-17-13/h3-4,7,9,21H,5-6,8,10H2,1-2H3,(H,18,19,20). The van der Waals surface area contributed by atoms with Crippen LogP contribution in [0.15, 0.2) is 24.4 Å². The quantitative estimate of drug-likeness (QED) is 0.900. The maximum Gasteiger partial charge on any atom is 0.180 e. The Labute approximate surface area is 124 Å². The van der Waals surface area contributed by atoms with Gasteiger partial charge >= 0.3 is 0 Å². The predicted molar refractivity (Wildman–Crippen MR) is 82.1 cm³/mol. The largest absolute Gasteiger partial charge is 0.394 e. The van der Waals surface area contributed by atoms with Crippen LogP contribution in [0.25, 0.3) is 11.5 Å². The molecular weight excluding hydrogens is 264 g/mol. The molecule has 3 rings (SSSR count). The fraction of sp³-hybridized carbons (Fsp3) is 0.438. The van der Waals surface area contributed by atoms with Crippen molar-refractivity contribution in [1.29, 1.82) is 0 Å². The number of aryl methyl sites for hydroxylation is 1. The first kappa shape index (κ1) is 13.9. The van der Waals surface area contributed by atoms with Gasteiger partial charge in [0.2, 0.25) is 0 Å². The molecule has 5 heteroatoms. The number of pyridine rings is 1. The summed E-state index contributed by atoms with van der Waals surface area (Å²) < 4.78 is 0. The number of fused-ring (bicyclic) bond motifs is 1. The molecule has 2 aromatic rings. The van der Waals surface area contributed by atoms with Crippen LogP contribution in [0.1, 0.15) is 31.5 Å². The minimum absolute atomic E-state index is 0.0463. The molecule has 0 atom stereocenters. The van der Waals surface area contributed by atoms with Crippen LogP contribution < -0.4 is 5.32 Å². The number of nitrogens with one attached hydrogen (secondary N) is 1. The number of anilines is 1. The van der Waals surface area contributed by atoms with E-state index in [-0.39, 0.29) is 6.61 Å². The second-order valence-corrected chi connectivity index (χ2v) is 6.06. The van der Waals surface area contributed by atoms with Gasteiger partial charge in [-0.1, -0.05) is 6.07 Å². The zero-order valence-corrected chi connectivity index (χ0v) is 12.4. The molecular formula is C16H20N4O. The van der Waals surface area contributed by atoms with Crippen LogP contribution in [0, 0.1) is 0 Å². The van der Waals surface area contributed by atoms with Crippen molar-refractivity contribution in [2.45, 2.75) is 38.6 Å². The Hall–Kier alpha value is -2.01. The van der Waals surface area contributed by atoms with Gasteiger partial charge in [0.25, 0.3) is 0 Å². The van der Waals surface area contributed by atoms with Gasteiger partial charge in [0.15, 0.2) is 5.82 Å². The summed E-state index contributed by atoms with van der Waals surface area (Å²) in [6, 6.07) is 5.73. The van der Waals surface area contributed by atoms with Crippen molar-refractivity contribution >= 4 is 5.82 Å². The van der Waals surface area contributed by atoms with E-state index in [2.05, 4.69) is 20.3 Å². The van der Waals surface area contributed by atoms with Crippen molar-refractivity contribution in [3.63, 3.8) is 0 Å².